The van der Waals surface area contributed by atoms with Crippen molar-refractivity contribution >= 4 is 21.0 Å². The van der Waals surface area contributed by atoms with E-state index >= 15 is 0 Å². The van der Waals surface area contributed by atoms with Crippen molar-refractivity contribution in [2.75, 3.05) is 13.2 Å². The molecule has 13 heavy (non-hydrogen) atoms. The number of nitrogens with zero attached hydrogens (tertiary/aromatic N) is 2. The Morgan fingerprint density at radius 2 is 1.46 bits per heavy atom. The fourth-order valence-corrected chi connectivity index (χ4v) is 2.06. The average Bonchev–Trinajstić information content (AvgIpc) is 2.06. The zero-order valence-electron chi connectivity index (χ0n) is 7.44. The van der Waals surface area contributed by atoms with Crippen molar-refractivity contribution in [1.82, 2.24) is 0 Å². The molecule has 0 bridgehead atoms. The zero-order chi connectivity index (χ0) is 10.2. The van der Waals surface area contributed by atoms with Crippen molar-refractivity contribution in [2.24, 2.45) is 9.32 Å². The Kier molecular flexibility index (Phi) is 5.87. The molecule has 0 aromatic carbocycles. The minimum absolute atomic E-state index is 0.253. The van der Waals surface area contributed by atoms with E-state index in [1.54, 1.807) is 13.8 Å². The van der Waals surface area contributed by atoms with Gasteiger partial charge in [0.25, 0.3) is 0 Å². The molecule has 0 fully saturated rings. The molecule has 0 atom stereocenters. The minimum atomic E-state index is -3.39. The van der Waals surface area contributed by atoms with Gasteiger partial charge in [-0.05, 0) is 13.8 Å². The van der Waals surface area contributed by atoms with Crippen molar-refractivity contribution in [3.05, 3.63) is 0 Å². The van der Waals surface area contributed by atoms with Gasteiger partial charge in [-0.1, -0.05) is 0 Å². The van der Waals surface area contributed by atoms with E-state index in [2.05, 4.69) is 9.32 Å². The smallest absolute Gasteiger partial charge is 0.359 e. The van der Waals surface area contributed by atoms with Crippen LogP contribution < -0.4 is 0 Å². The van der Waals surface area contributed by atoms with Gasteiger partial charge in [0.2, 0.25) is 12.2 Å². The van der Waals surface area contributed by atoms with E-state index in [0.717, 1.165) is 0 Å². The lowest BCUT2D eigenvalue weighted by Crippen LogP contribution is -2.38. The third-order valence-electron chi connectivity index (χ3n) is 1.04. The number of rotatable bonds is 6. The third-order valence-corrected chi connectivity index (χ3v) is 3.12. The second-order valence-corrected chi connectivity index (χ2v) is 3.94. The summed E-state index contributed by atoms with van der Waals surface area (Å²) in [6.45, 7) is 3.87. The van der Waals surface area contributed by atoms with Crippen molar-refractivity contribution < 1.29 is 18.4 Å². The maximum absolute atomic E-state index is 10.0. The van der Waals surface area contributed by atoms with Crippen LogP contribution in [0, 0.1) is 0 Å². The molecule has 0 radical (unpaired) electrons. The fraction of sp³-hybridized carbons (Fsp3) is 0.667. The van der Waals surface area contributed by atoms with Gasteiger partial charge in [-0.25, -0.2) is 9.59 Å². The lowest BCUT2D eigenvalue weighted by Gasteiger charge is -2.15. The fourth-order valence-electron chi connectivity index (χ4n) is 0.687. The minimum Gasteiger partial charge on any atom is -0.359 e. The van der Waals surface area contributed by atoms with E-state index in [1.807, 2.05) is 0 Å². The van der Waals surface area contributed by atoms with Gasteiger partial charge < -0.3 is 8.85 Å². The van der Waals surface area contributed by atoms with Crippen molar-refractivity contribution in [3.8, 4) is 0 Å². The van der Waals surface area contributed by atoms with Crippen LogP contribution >= 0.6 is 0 Å². The number of carbonyl (C=O) groups excluding carboxylic acids is 2. The highest BCUT2D eigenvalue weighted by Gasteiger charge is 2.41. The Morgan fingerprint density at radius 1 is 1.08 bits per heavy atom. The second kappa shape index (κ2) is 6.42. The molecule has 7 heteroatoms. The Hall–Kier alpha value is -1.10. The Morgan fingerprint density at radius 3 is 1.69 bits per heavy atom. The lowest BCUT2D eigenvalue weighted by molar-refractivity contribution is 0.186. The van der Waals surface area contributed by atoms with Gasteiger partial charge in [0, 0.05) is 13.2 Å². The highest BCUT2D eigenvalue weighted by atomic mass is 28.4. The summed E-state index contributed by atoms with van der Waals surface area (Å²) in [6.07, 6.45) is 2.55. The maximum atomic E-state index is 10.0. The molecule has 0 aromatic heterocycles. The molecule has 0 N–H and O–H groups in total. The zero-order valence-corrected chi connectivity index (χ0v) is 8.44. The molecule has 0 saturated heterocycles. The number of hydrogen-bond donors (Lipinski definition) is 0. The molecule has 0 unspecified atom stereocenters. The van der Waals surface area contributed by atoms with Gasteiger partial charge in [-0.2, -0.15) is 9.32 Å². The molecule has 72 valence electrons. The molecule has 0 amide bonds. The molecule has 0 saturated carbocycles. The summed E-state index contributed by atoms with van der Waals surface area (Å²) in [7, 11) is -3.39. The third kappa shape index (κ3) is 3.89. The first-order chi connectivity index (χ1) is 6.24. The van der Waals surface area contributed by atoms with Gasteiger partial charge in [-0.3, -0.25) is 0 Å². The molecular weight excluding hydrogens is 192 g/mol. The van der Waals surface area contributed by atoms with Crippen LogP contribution in [0.2, 0.25) is 0 Å². The highest BCUT2D eigenvalue weighted by Crippen LogP contribution is 2.09. The Labute approximate surface area is 76.7 Å². The van der Waals surface area contributed by atoms with E-state index in [0.29, 0.717) is 0 Å². The van der Waals surface area contributed by atoms with Crippen LogP contribution in [0.15, 0.2) is 9.32 Å². The second-order valence-electron chi connectivity index (χ2n) is 1.82. The standard InChI is InChI=1S/C6H10N2O4Si/c1-3-11-13(7-5-9,8-6-10)12-4-2/h3-4H2,1-2H3. The van der Waals surface area contributed by atoms with Gasteiger partial charge in [-0.15, -0.1) is 0 Å². The van der Waals surface area contributed by atoms with E-state index in [1.165, 1.54) is 12.2 Å². The first-order valence-electron chi connectivity index (χ1n) is 3.70. The van der Waals surface area contributed by atoms with Crippen LogP contribution in [0.3, 0.4) is 0 Å². The predicted octanol–water partition coefficient (Wildman–Crippen LogP) is 0.167. The van der Waals surface area contributed by atoms with Crippen molar-refractivity contribution in [2.45, 2.75) is 13.8 Å². The normalized spacial score (nSPS) is 10.0. The summed E-state index contributed by atoms with van der Waals surface area (Å²) < 4.78 is 16.6. The van der Waals surface area contributed by atoms with Crippen LogP contribution in [0.4, 0.5) is 0 Å². The molecule has 0 aromatic rings. The molecular formula is C6H10N2O4Si. The average molecular weight is 202 g/mol. The summed E-state index contributed by atoms with van der Waals surface area (Å²) in [5.41, 5.74) is 0. The molecule has 0 spiro atoms. The van der Waals surface area contributed by atoms with Gasteiger partial charge >= 0.3 is 8.88 Å². The molecule has 6 nitrogen and oxygen atoms in total. The SMILES string of the molecule is CCO[Si](N=C=O)(N=C=O)OCC. The van der Waals surface area contributed by atoms with Crippen LogP contribution in [0.5, 0.6) is 0 Å². The first kappa shape index (κ1) is 11.9. The summed E-state index contributed by atoms with van der Waals surface area (Å²) in [5, 5.41) is 0. The van der Waals surface area contributed by atoms with E-state index in [9.17, 15) is 9.59 Å². The van der Waals surface area contributed by atoms with E-state index < -0.39 is 8.88 Å². The molecule has 0 aliphatic carbocycles. The predicted molar refractivity (Wildman–Crippen MR) is 45.2 cm³/mol. The summed E-state index contributed by atoms with van der Waals surface area (Å²) in [5.74, 6) is 0. The monoisotopic (exact) mass is 202 g/mol. The van der Waals surface area contributed by atoms with Crippen LogP contribution in [0.1, 0.15) is 13.8 Å². The molecule has 0 rings (SSSR count). The topological polar surface area (TPSA) is 77.3 Å². The summed E-state index contributed by atoms with van der Waals surface area (Å²) >= 11 is 0. The first-order valence-corrected chi connectivity index (χ1v) is 5.41. The molecule has 0 aliphatic heterocycles. The number of hydrogen-bond acceptors (Lipinski definition) is 6. The van der Waals surface area contributed by atoms with Crippen molar-refractivity contribution in [3.63, 3.8) is 0 Å². The largest absolute Gasteiger partial charge is 0.648 e. The Balaban J connectivity index is 4.77. The number of isocyanates is 2. The van der Waals surface area contributed by atoms with Gasteiger partial charge in [0.15, 0.2) is 0 Å². The molecule has 0 aliphatic rings. The van der Waals surface area contributed by atoms with Crippen LogP contribution in [0.25, 0.3) is 0 Å². The maximum Gasteiger partial charge on any atom is 0.648 e. The van der Waals surface area contributed by atoms with Crippen LogP contribution in [-0.2, 0) is 18.4 Å². The Bertz CT molecular complexity index is 219. The summed E-state index contributed by atoms with van der Waals surface area (Å²) in [6, 6.07) is 0. The van der Waals surface area contributed by atoms with E-state index in [-0.39, 0.29) is 13.2 Å². The molecule has 0 heterocycles. The highest BCUT2D eigenvalue weighted by molar-refractivity contribution is 6.65. The van der Waals surface area contributed by atoms with Crippen LogP contribution in [-0.4, -0.2) is 34.3 Å². The quantitative estimate of drug-likeness (QED) is 0.349. The van der Waals surface area contributed by atoms with Gasteiger partial charge in [0.05, 0.1) is 0 Å². The lowest BCUT2D eigenvalue weighted by atomic mass is 10.9. The summed E-state index contributed by atoms with van der Waals surface area (Å²) in [4.78, 5) is 20.1. The van der Waals surface area contributed by atoms with Gasteiger partial charge in [0.1, 0.15) is 0 Å². The van der Waals surface area contributed by atoms with E-state index in [4.69, 9.17) is 8.85 Å². The van der Waals surface area contributed by atoms with Crippen molar-refractivity contribution in [1.29, 1.82) is 0 Å².